The molecule has 1 heterocycles. The molecule has 1 aromatic heterocycles. The highest BCUT2D eigenvalue weighted by molar-refractivity contribution is 5.68. The molecule has 0 aliphatic carbocycles. The van der Waals surface area contributed by atoms with Gasteiger partial charge in [0.1, 0.15) is 0 Å². The molecule has 0 saturated heterocycles. The summed E-state index contributed by atoms with van der Waals surface area (Å²) in [6.45, 7) is 5.04. The van der Waals surface area contributed by atoms with E-state index in [-0.39, 0.29) is 0 Å². The highest BCUT2D eigenvalue weighted by Crippen LogP contribution is 2.25. The summed E-state index contributed by atoms with van der Waals surface area (Å²) in [5, 5.41) is 3.21. The maximum atomic E-state index is 4.25. The molecule has 1 aromatic carbocycles. The van der Waals surface area contributed by atoms with Crippen molar-refractivity contribution in [1.29, 1.82) is 0 Å². The van der Waals surface area contributed by atoms with E-state index in [0.717, 1.165) is 12.2 Å². The number of nitrogens with one attached hydrogen (secondary N) is 1. The molecule has 0 aliphatic heterocycles. The first kappa shape index (κ1) is 11.8. The number of aromatic nitrogens is 1. The molecular formula is C15H18N2. The first-order valence-electron chi connectivity index (χ1n) is 5.88. The summed E-state index contributed by atoms with van der Waals surface area (Å²) in [5.74, 6) is 0. The Morgan fingerprint density at radius 3 is 2.65 bits per heavy atom. The molecule has 0 spiro atoms. The lowest BCUT2D eigenvalue weighted by Gasteiger charge is -2.11. The normalized spacial score (nSPS) is 10.5. The second-order valence-electron chi connectivity index (χ2n) is 4.38. The van der Waals surface area contributed by atoms with Gasteiger partial charge in [-0.15, -0.1) is 0 Å². The third-order valence-electron chi connectivity index (χ3n) is 2.84. The van der Waals surface area contributed by atoms with E-state index in [1.54, 1.807) is 0 Å². The number of hydrogen-bond acceptors (Lipinski definition) is 2. The fourth-order valence-corrected chi connectivity index (χ4v) is 2.02. The molecule has 0 unspecified atom stereocenters. The molecule has 0 saturated carbocycles. The van der Waals surface area contributed by atoms with Gasteiger partial charge in [-0.05, 0) is 49.7 Å². The van der Waals surface area contributed by atoms with Crippen LogP contribution in [0.5, 0.6) is 0 Å². The molecule has 0 bridgehead atoms. The topological polar surface area (TPSA) is 24.9 Å². The van der Waals surface area contributed by atoms with Crippen molar-refractivity contribution in [3.63, 3.8) is 0 Å². The quantitative estimate of drug-likeness (QED) is 0.870. The highest BCUT2D eigenvalue weighted by Gasteiger charge is 2.05. The Morgan fingerprint density at radius 2 is 1.94 bits per heavy atom. The Kier molecular flexibility index (Phi) is 3.55. The van der Waals surface area contributed by atoms with E-state index in [0.29, 0.717) is 0 Å². The zero-order chi connectivity index (χ0) is 12.3. The van der Waals surface area contributed by atoms with Crippen LogP contribution in [0.2, 0.25) is 0 Å². The molecule has 17 heavy (non-hydrogen) atoms. The molecule has 0 fully saturated rings. The third kappa shape index (κ3) is 2.71. The van der Waals surface area contributed by atoms with Gasteiger partial charge < -0.3 is 5.32 Å². The zero-order valence-electron chi connectivity index (χ0n) is 10.6. The van der Waals surface area contributed by atoms with E-state index >= 15 is 0 Å². The van der Waals surface area contributed by atoms with Gasteiger partial charge in [-0.1, -0.05) is 23.8 Å². The van der Waals surface area contributed by atoms with E-state index < -0.39 is 0 Å². The van der Waals surface area contributed by atoms with Crippen LogP contribution < -0.4 is 5.32 Å². The van der Waals surface area contributed by atoms with Gasteiger partial charge >= 0.3 is 0 Å². The fraction of sp³-hybridized carbons (Fsp3) is 0.267. The maximum absolute atomic E-state index is 4.25. The smallest absolute Gasteiger partial charge is 0.0378 e. The van der Waals surface area contributed by atoms with Crippen molar-refractivity contribution in [1.82, 2.24) is 10.3 Å². The minimum absolute atomic E-state index is 0.886. The molecule has 0 amide bonds. The molecule has 88 valence electrons. The van der Waals surface area contributed by atoms with Gasteiger partial charge in [0.05, 0.1) is 0 Å². The fourth-order valence-electron chi connectivity index (χ4n) is 2.02. The number of hydrogen-bond donors (Lipinski definition) is 1. The summed E-state index contributed by atoms with van der Waals surface area (Å²) >= 11 is 0. The Balaban J connectivity index is 2.52. The molecule has 0 radical (unpaired) electrons. The predicted octanol–water partition coefficient (Wildman–Crippen LogP) is 3.08. The van der Waals surface area contributed by atoms with Crippen molar-refractivity contribution in [3.05, 3.63) is 53.3 Å². The summed E-state index contributed by atoms with van der Waals surface area (Å²) in [6, 6.07) is 10.8. The van der Waals surface area contributed by atoms with Crippen molar-refractivity contribution >= 4 is 0 Å². The van der Waals surface area contributed by atoms with Gasteiger partial charge in [0.25, 0.3) is 0 Å². The van der Waals surface area contributed by atoms with Gasteiger partial charge in [0.2, 0.25) is 0 Å². The monoisotopic (exact) mass is 226 g/mol. The Hall–Kier alpha value is -1.67. The Bertz CT molecular complexity index is 518. The standard InChI is InChI=1S/C15H18N2/c1-11-4-5-14(10-16-3)15(8-11)13-6-7-17-12(2)9-13/h4-9,16H,10H2,1-3H3. The average Bonchev–Trinajstić information content (AvgIpc) is 2.32. The second-order valence-corrected chi connectivity index (χ2v) is 4.38. The van der Waals surface area contributed by atoms with E-state index in [4.69, 9.17) is 0 Å². The van der Waals surface area contributed by atoms with Gasteiger partial charge in [0.15, 0.2) is 0 Å². The van der Waals surface area contributed by atoms with Crippen LogP contribution in [0, 0.1) is 13.8 Å². The lowest BCUT2D eigenvalue weighted by molar-refractivity contribution is 0.819. The van der Waals surface area contributed by atoms with Crippen LogP contribution in [-0.4, -0.2) is 12.0 Å². The molecule has 0 aliphatic rings. The van der Waals surface area contributed by atoms with Crippen LogP contribution >= 0.6 is 0 Å². The average molecular weight is 226 g/mol. The Morgan fingerprint density at radius 1 is 1.12 bits per heavy atom. The maximum Gasteiger partial charge on any atom is 0.0378 e. The number of nitrogens with zero attached hydrogens (tertiary/aromatic N) is 1. The van der Waals surface area contributed by atoms with Gasteiger partial charge in [-0.2, -0.15) is 0 Å². The third-order valence-corrected chi connectivity index (χ3v) is 2.84. The number of rotatable bonds is 3. The van der Waals surface area contributed by atoms with Crippen molar-refractivity contribution in [2.45, 2.75) is 20.4 Å². The molecule has 0 atom stereocenters. The van der Waals surface area contributed by atoms with Crippen molar-refractivity contribution < 1.29 is 0 Å². The lowest BCUT2D eigenvalue weighted by Crippen LogP contribution is -2.06. The second kappa shape index (κ2) is 5.11. The van der Waals surface area contributed by atoms with Gasteiger partial charge in [-0.25, -0.2) is 0 Å². The van der Waals surface area contributed by atoms with E-state index in [9.17, 15) is 0 Å². The number of pyridine rings is 1. The summed E-state index contributed by atoms with van der Waals surface area (Å²) in [7, 11) is 1.97. The van der Waals surface area contributed by atoms with Crippen LogP contribution in [0.15, 0.2) is 36.5 Å². The summed E-state index contributed by atoms with van der Waals surface area (Å²) in [6.07, 6.45) is 1.87. The van der Waals surface area contributed by atoms with E-state index in [1.165, 1.54) is 22.3 Å². The summed E-state index contributed by atoms with van der Waals surface area (Å²) in [5.41, 5.74) is 6.20. The predicted molar refractivity (Wildman–Crippen MR) is 71.9 cm³/mol. The van der Waals surface area contributed by atoms with Crippen LogP contribution in [0.4, 0.5) is 0 Å². The largest absolute Gasteiger partial charge is 0.316 e. The van der Waals surface area contributed by atoms with Crippen molar-refractivity contribution in [3.8, 4) is 11.1 Å². The zero-order valence-corrected chi connectivity index (χ0v) is 10.6. The van der Waals surface area contributed by atoms with Crippen molar-refractivity contribution in [2.24, 2.45) is 0 Å². The first-order chi connectivity index (χ1) is 8.20. The van der Waals surface area contributed by atoms with Gasteiger partial charge in [-0.3, -0.25) is 4.98 Å². The molecule has 2 rings (SSSR count). The lowest BCUT2D eigenvalue weighted by atomic mass is 9.98. The van der Waals surface area contributed by atoms with Crippen LogP contribution in [0.3, 0.4) is 0 Å². The van der Waals surface area contributed by atoms with Gasteiger partial charge in [0, 0.05) is 18.4 Å². The Labute approximate surface area is 103 Å². The molecule has 2 heteroatoms. The minimum atomic E-state index is 0.886. The van der Waals surface area contributed by atoms with Crippen LogP contribution in [0.1, 0.15) is 16.8 Å². The molecule has 1 N–H and O–H groups in total. The van der Waals surface area contributed by atoms with Crippen LogP contribution in [-0.2, 0) is 6.54 Å². The molecule has 2 nitrogen and oxygen atoms in total. The minimum Gasteiger partial charge on any atom is -0.316 e. The molecule has 2 aromatic rings. The van der Waals surface area contributed by atoms with Crippen LogP contribution in [0.25, 0.3) is 11.1 Å². The van der Waals surface area contributed by atoms with Crippen molar-refractivity contribution in [2.75, 3.05) is 7.05 Å². The molecular weight excluding hydrogens is 208 g/mol. The first-order valence-corrected chi connectivity index (χ1v) is 5.88. The highest BCUT2D eigenvalue weighted by atomic mass is 14.8. The SMILES string of the molecule is CNCc1ccc(C)cc1-c1ccnc(C)c1. The van der Waals surface area contributed by atoms with E-state index in [2.05, 4.69) is 47.6 Å². The number of benzene rings is 1. The summed E-state index contributed by atoms with van der Waals surface area (Å²) < 4.78 is 0. The van der Waals surface area contributed by atoms with E-state index in [1.807, 2.05) is 20.2 Å². The number of aryl methyl sites for hydroxylation is 2. The summed E-state index contributed by atoms with van der Waals surface area (Å²) in [4.78, 5) is 4.25.